The zero-order valence-electron chi connectivity index (χ0n) is 14.9. The van der Waals surface area contributed by atoms with E-state index in [9.17, 15) is 4.79 Å². The van der Waals surface area contributed by atoms with Crippen molar-refractivity contribution in [2.24, 2.45) is 11.8 Å². The third-order valence-electron chi connectivity index (χ3n) is 5.07. The van der Waals surface area contributed by atoms with Crippen LogP contribution in [-0.2, 0) is 14.3 Å². The lowest BCUT2D eigenvalue weighted by Crippen LogP contribution is -2.30. The molecule has 2 aliphatic rings. The fourth-order valence-electron chi connectivity index (χ4n) is 3.80. The Morgan fingerprint density at radius 3 is 2.62 bits per heavy atom. The van der Waals surface area contributed by atoms with Gasteiger partial charge < -0.3 is 14.6 Å². The standard InChI is InChI=1S/C20H32O4/c1-2-3-4-9-14-23-15-17-16(18-12-13-19(17)24-18)10-7-5-6-8-11-20(21)22/h4-5,7,9,16-19H,2-3,6,8,10-15H2,1H3,(H,21,22)/t16-,17+,18-,19+/m1/s1. The number of ether oxygens (including phenoxy) is 2. The quantitative estimate of drug-likeness (QED) is 0.425. The molecule has 4 atom stereocenters. The molecule has 0 amide bonds. The van der Waals surface area contributed by atoms with Gasteiger partial charge in [0.05, 0.1) is 25.4 Å². The third-order valence-corrected chi connectivity index (χ3v) is 5.07. The highest BCUT2D eigenvalue weighted by Gasteiger charge is 2.47. The highest BCUT2D eigenvalue weighted by atomic mass is 16.5. The van der Waals surface area contributed by atoms with Crippen molar-refractivity contribution in [2.75, 3.05) is 13.2 Å². The first kappa shape index (κ1) is 19.2. The molecule has 136 valence electrons. The molecule has 2 bridgehead atoms. The number of unbranched alkanes of at least 4 members (excludes halogenated alkanes) is 2. The predicted molar refractivity (Wildman–Crippen MR) is 95.0 cm³/mol. The van der Waals surface area contributed by atoms with Crippen LogP contribution in [0.25, 0.3) is 0 Å². The number of aliphatic carboxylic acids is 1. The van der Waals surface area contributed by atoms with Gasteiger partial charge in [-0.2, -0.15) is 0 Å². The first-order chi connectivity index (χ1) is 11.7. The zero-order valence-corrected chi connectivity index (χ0v) is 14.9. The van der Waals surface area contributed by atoms with Gasteiger partial charge in [-0.15, -0.1) is 0 Å². The van der Waals surface area contributed by atoms with Crippen molar-refractivity contribution in [3.8, 4) is 0 Å². The van der Waals surface area contributed by atoms with E-state index < -0.39 is 5.97 Å². The minimum absolute atomic E-state index is 0.254. The highest BCUT2D eigenvalue weighted by molar-refractivity contribution is 5.66. The van der Waals surface area contributed by atoms with Crippen LogP contribution in [0.5, 0.6) is 0 Å². The average Bonchev–Trinajstić information content (AvgIpc) is 3.15. The molecule has 2 aliphatic heterocycles. The lowest BCUT2D eigenvalue weighted by molar-refractivity contribution is -0.137. The summed E-state index contributed by atoms with van der Waals surface area (Å²) < 4.78 is 12.0. The molecule has 2 saturated heterocycles. The fourth-order valence-corrected chi connectivity index (χ4v) is 3.80. The molecule has 0 aromatic carbocycles. The first-order valence-electron chi connectivity index (χ1n) is 9.47. The Morgan fingerprint density at radius 2 is 1.88 bits per heavy atom. The van der Waals surface area contributed by atoms with Crippen LogP contribution in [0.1, 0.15) is 58.3 Å². The maximum absolute atomic E-state index is 10.5. The fraction of sp³-hybridized carbons (Fsp3) is 0.750. The Hall–Kier alpha value is -1.13. The van der Waals surface area contributed by atoms with E-state index in [2.05, 4.69) is 31.2 Å². The number of hydrogen-bond donors (Lipinski definition) is 1. The molecule has 4 nitrogen and oxygen atoms in total. The van der Waals surface area contributed by atoms with Gasteiger partial charge in [-0.3, -0.25) is 4.79 Å². The molecule has 2 fully saturated rings. The van der Waals surface area contributed by atoms with E-state index in [0.717, 1.165) is 32.3 Å². The molecule has 0 aromatic rings. The minimum Gasteiger partial charge on any atom is -0.481 e. The van der Waals surface area contributed by atoms with E-state index in [1.807, 2.05) is 0 Å². The minimum atomic E-state index is -0.713. The normalized spacial score (nSPS) is 29.2. The van der Waals surface area contributed by atoms with E-state index in [1.165, 1.54) is 19.3 Å². The number of carboxylic acids is 1. The summed E-state index contributed by atoms with van der Waals surface area (Å²) in [6.45, 7) is 3.67. The van der Waals surface area contributed by atoms with Crippen LogP contribution in [0.3, 0.4) is 0 Å². The smallest absolute Gasteiger partial charge is 0.303 e. The van der Waals surface area contributed by atoms with Crippen molar-refractivity contribution in [1.29, 1.82) is 0 Å². The van der Waals surface area contributed by atoms with E-state index in [-0.39, 0.29) is 6.42 Å². The van der Waals surface area contributed by atoms with Gasteiger partial charge in [0.2, 0.25) is 0 Å². The molecule has 0 unspecified atom stereocenters. The Kier molecular flexibility index (Phi) is 8.54. The lowest BCUT2D eigenvalue weighted by atomic mass is 9.78. The van der Waals surface area contributed by atoms with Crippen LogP contribution < -0.4 is 0 Å². The summed E-state index contributed by atoms with van der Waals surface area (Å²) in [6, 6.07) is 0. The molecule has 24 heavy (non-hydrogen) atoms. The van der Waals surface area contributed by atoms with Crippen LogP contribution in [0.4, 0.5) is 0 Å². The Morgan fingerprint density at radius 1 is 1.12 bits per heavy atom. The van der Waals surface area contributed by atoms with Gasteiger partial charge in [-0.05, 0) is 44.4 Å². The Labute approximate surface area is 145 Å². The van der Waals surface area contributed by atoms with Gasteiger partial charge in [-0.1, -0.05) is 37.6 Å². The van der Waals surface area contributed by atoms with Crippen LogP contribution >= 0.6 is 0 Å². The number of rotatable bonds is 12. The van der Waals surface area contributed by atoms with Gasteiger partial charge in [0.25, 0.3) is 0 Å². The molecule has 0 spiro atoms. The van der Waals surface area contributed by atoms with E-state index in [4.69, 9.17) is 14.6 Å². The molecule has 4 heteroatoms. The van der Waals surface area contributed by atoms with Crippen LogP contribution in [0.15, 0.2) is 24.3 Å². The lowest BCUT2D eigenvalue weighted by Gasteiger charge is -2.26. The number of carbonyl (C=O) groups is 1. The molecule has 1 N–H and O–H groups in total. The molecule has 0 saturated carbocycles. The summed E-state index contributed by atoms with van der Waals surface area (Å²) >= 11 is 0. The molecule has 2 heterocycles. The van der Waals surface area contributed by atoms with Crippen molar-refractivity contribution in [2.45, 2.75) is 70.5 Å². The molecule has 0 radical (unpaired) electrons. The highest BCUT2D eigenvalue weighted by Crippen LogP contribution is 2.45. The van der Waals surface area contributed by atoms with Crippen LogP contribution in [0, 0.1) is 11.8 Å². The Balaban J connectivity index is 1.69. The van der Waals surface area contributed by atoms with Crippen molar-refractivity contribution < 1.29 is 19.4 Å². The summed E-state index contributed by atoms with van der Waals surface area (Å²) in [5.41, 5.74) is 0. The van der Waals surface area contributed by atoms with Gasteiger partial charge in [0.1, 0.15) is 0 Å². The van der Waals surface area contributed by atoms with Gasteiger partial charge in [0.15, 0.2) is 0 Å². The number of fused-ring (bicyclic) bond motifs is 2. The molecule has 2 rings (SSSR count). The maximum atomic E-state index is 10.5. The largest absolute Gasteiger partial charge is 0.481 e. The van der Waals surface area contributed by atoms with Crippen LogP contribution in [-0.4, -0.2) is 36.5 Å². The van der Waals surface area contributed by atoms with Crippen LogP contribution in [0.2, 0.25) is 0 Å². The zero-order chi connectivity index (χ0) is 17.2. The van der Waals surface area contributed by atoms with Gasteiger partial charge >= 0.3 is 5.97 Å². The number of allylic oxidation sites excluding steroid dienone is 3. The van der Waals surface area contributed by atoms with Crippen molar-refractivity contribution in [3.05, 3.63) is 24.3 Å². The third kappa shape index (κ3) is 6.06. The SMILES string of the molecule is CCCC=CCOC[C@H]1[C@@H](CC=CCCCC(=O)O)[C@H]2CC[C@@H]1O2. The number of hydrogen-bond acceptors (Lipinski definition) is 3. The Bertz CT molecular complexity index is 429. The maximum Gasteiger partial charge on any atom is 0.303 e. The monoisotopic (exact) mass is 336 g/mol. The second-order valence-electron chi connectivity index (χ2n) is 6.91. The van der Waals surface area contributed by atoms with E-state index in [0.29, 0.717) is 30.7 Å². The van der Waals surface area contributed by atoms with Crippen molar-refractivity contribution in [3.63, 3.8) is 0 Å². The molecular formula is C20H32O4. The summed E-state index contributed by atoms with van der Waals surface area (Å²) in [4.78, 5) is 10.5. The van der Waals surface area contributed by atoms with Crippen molar-refractivity contribution >= 4 is 5.97 Å². The van der Waals surface area contributed by atoms with E-state index in [1.54, 1.807) is 0 Å². The number of carboxylic acid groups (broad SMARTS) is 1. The molecular weight excluding hydrogens is 304 g/mol. The summed E-state index contributed by atoms with van der Waals surface area (Å²) in [5, 5.41) is 8.64. The predicted octanol–water partition coefficient (Wildman–Crippen LogP) is 4.35. The summed E-state index contributed by atoms with van der Waals surface area (Å²) in [7, 11) is 0. The second-order valence-corrected chi connectivity index (χ2v) is 6.91. The summed E-state index contributed by atoms with van der Waals surface area (Å²) in [5.74, 6) is 0.348. The van der Waals surface area contributed by atoms with Gasteiger partial charge in [-0.25, -0.2) is 0 Å². The van der Waals surface area contributed by atoms with Gasteiger partial charge in [0, 0.05) is 12.3 Å². The topological polar surface area (TPSA) is 55.8 Å². The molecule has 0 aliphatic carbocycles. The average molecular weight is 336 g/mol. The molecule has 0 aromatic heterocycles. The van der Waals surface area contributed by atoms with E-state index >= 15 is 0 Å². The second kappa shape index (κ2) is 10.7. The summed E-state index contributed by atoms with van der Waals surface area (Å²) in [6.07, 6.45) is 16.9. The first-order valence-corrected chi connectivity index (χ1v) is 9.47. The van der Waals surface area contributed by atoms with Crippen molar-refractivity contribution in [1.82, 2.24) is 0 Å².